The van der Waals surface area contributed by atoms with Gasteiger partial charge in [-0.05, 0) is 31.0 Å². The van der Waals surface area contributed by atoms with Crippen LogP contribution in [0.4, 0.5) is 0 Å². The van der Waals surface area contributed by atoms with Crippen LogP contribution in [0, 0.1) is 34.5 Å². The summed E-state index contributed by atoms with van der Waals surface area (Å²) in [5.41, 5.74) is -4.79. The van der Waals surface area contributed by atoms with Gasteiger partial charge in [-0.2, -0.15) is 0 Å². The molecule has 1 heterocycles. The number of methoxy groups -OCH3 is 4. The zero-order valence-corrected chi connectivity index (χ0v) is 27.3. The Morgan fingerprint density at radius 3 is 2.30 bits per heavy atom. The maximum absolute atomic E-state index is 13.8. The van der Waals surface area contributed by atoms with Gasteiger partial charge in [-0.15, -0.1) is 0 Å². The zero-order valence-electron chi connectivity index (χ0n) is 27.3. The van der Waals surface area contributed by atoms with Gasteiger partial charge < -0.3 is 43.7 Å². The van der Waals surface area contributed by atoms with Crippen molar-refractivity contribution >= 4 is 11.9 Å². The third-order valence-electron chi connectivity index (χ3n) is 13.2. The van der Waals surface area contributed by atoms with Crippen LogP contribution in [0.3, 0.4) is 0 Å². The normalized spacial score (nSPS) is 49.9. The molecule has 1 aromatic rings. The molecule has 11 unspecified atom stereocenters. The topological polar surface area (TPSA) is 153 Å². The van der Waals surface area contributed by atoms with Gasteiger partial charge in [0.05, 0.1) is 30.5 Å². The van der Waals surface area contributed by atoms with E-state index >= 15 is 0 Å². The third-order valence-corrected chi connectivity index (χ3v) is 13.2. The summed E-state index contributed by atoms with van der Waals surface area (Å²) in [5, 5.41) is 37.3. The molecule has 1 spiro atoms. The molecule has 12 heteroatoms. The molecule has 7 rings (SSSR count). The van der Waals surface area contributed by atoms with Crippen molar-refractivity contribution in [3.05, 3.63) is 35.9 Å². The fraction of sp³-hybridized carbons (Fsp3) is 0.765. The molecule has 1 aliphatic heterocycles. The fourth-order valence-corrected chi connectivity index (χ4v) is 12.3. The molecule has 6 fully saturated rings. The van der Waals surface area contributed by atoms with Crippen LogP contribution < -0.4 is 0 Å². The molecule has 5 aliphatic carbocycles. The van der Waals surface area contributed by atoms with Crippen molar-refractivity contribution in [2.45, 2.75) is 80.6 Å². The average molecular weight is 646 g/mol. The summed E-state index contributed by atoms with van der Waals surface area (Å²) in [6.07, 6.45) is -5.49. The summed E-state index contributed by atoms with van der Waals surface area (Å²) < 4.78 is 37.4. The molecule has 6 aliphatic rings. The second-order valence-electron chi connectivity index (χ2n) is 14.4. The van der Waals surface area contributed by atoms with Crippen molar-refractivity contribution in [3.8, 4) is 0 Å². The molecule has 46 heavy (non-hydrogen) atoms. The molecular formula is C34H47NO11. The van der Waals surface area contributed by atoms with E-state index in [1.54, 1.807) is 51.7 Å². The lowest BCUT2D eigenvalue weighted by Gasteiger charge is -2.70. The van der Waals surface area contributed by atoms with E-state index in [4.69, 9.17) is 28.4 Å². The Hall–Kier alpha value is -2.16. The quantitative estimate of drug-likeness (QED) is 0.323. The fourth-order valence-electron chi connectivity index (χ4n) is 12.3. The SMILES string of the molecule is CCN1C[C@]2(COC)C(O)CC(OC)[C@@]34C5C[C@]6(O)C(OC)C(O)[C@@](OC(C)=O)(C5C6OC(=O)c5ccccc5)C(C(OC)C23)C14. The Labute approximate surface area is 269 Å². The number of carbonyl (C=O) groups is 2. The van der Waals surface area contributed by atoms with Crippen LogP contribution in [0.2, 0.25) is 0 Å². The van der Waals surface area contributed by atoms with Crippen LogP contribution in [-0.4, -0.2) is 134 Å². The number of rotatable bonds is 9. The maximum Gasteiger partial charge on any atom is 0.338 e. The van der Waals surface area contributed by atoms with Crippen LogP contribution in [0.25, 0.3) is 0 Å². The Bertz CT molecular complexity index is 1360. The maximum atomic E-state index is 13.8. The predicted molar refractivity (Wildman–Crippen MR) is 160 cm³/mol. The number of hydrogen-bond donors (Lipinski definition) is 3. The van der Waals surface area contributed by atoms with Gasteiger partial charge in [0.2, 0.25) is 0 Å². The third kappa shape index (κ3) is 3.62. The number of piperidine rings is 1. The van der Waals surface area contributed by atoms with Crippen LogP contribution in [0.15, 0.2) is 30.3 Å². The smallest absolute Gasteiger partial charge is 0.338 e. The Morgan fingerprint density at radius 1 is 1.00 bits per heavy atom. The van der Waals surface area contributed by atoms with Gasteiger partial charge in [0.15, 0.2) is 5.60 Å². The summed E-state index contributed by atoms with van der Waals surface area (Å²) in [6.45, 7) is 4.68. The van der Waals surface area contributed by atoms with E-state index in [-0.39, 0.29) is 25.0 Å². The minimum Gasteiger partial charge on any atom is -0.455 e. The molecule has 254 valence electrons. The van der Waals surface area contributed by atoms with Gasteiger partial charge in [-0.1, -0.05) is 25.1 Å². The summed E-state index contributed by atoms with van der Waals surface area (Å²) in [5.74, 6) is -3.65. The number of hydrogen-bond acceptors (Lipinski definition) is 12. The monoisotopic (exact) mass is 645 g/mol. The minimum absolute atomic E-state index is 0.0791. The van der Waals surface area contributed by atoms with Gasteiger partial charge in [-0.3, -0.25) is 9.69 Å². The number of likely N-dealkylation sites (tertiary alicyclic amines) is 1. The van der Waals surface area contributed by atoms with Gasteiger partial charge >= 0.3 is 11.9 Å². The van der Waals surface area contributed by atoms with E-state index < -0.39 is 88.3 Å². The lowest BCUT2D eigenvalue weighted by atomic mass is 9.42. The molecule has 5 saturated carbocycles. The highest BCUT2D eigenvalue weighted by atomic mass is 16.6. The van der Waals surface area contributed by atoms with Crippen LogP contribution >= 0.6 is 0 Å². The predicted octanol–water partition coefficient (Wildman–Crippen LogP) is 0.648. The molecule has 15 atom stereocenters. The summed E-state index contributed by atoms with van der Waals surface area (Å²) in [4.78, 5) is 29.3. The first-order valence-corrected chi connectivity index (χ1v) is 16.3. The zero-order chi connectivity index (χ0) is 33.0. The number of aliphatic hydroxyl groups excluding tert-OH is 2. The molecular weight excluding hydrogens is 598 g/mol. The van der Waals surface area contributed by atoms with Crippen LogP contribution in [0.1, 0.15) is 37.0 Å². The largest absolute Gasteiger partial charge is 0.455 e. The molecule has 0 radical (unpaired) electrons. The first-order chi connectivity index (χ1) is 22.0. The molecule has 1 saturated heterocycles. The second kappa shape index (κ2) is 10.9. The number of fused-ring (bicyclic) bond motifs is 2. The Balaban J connectivity index is 1.53. The van der Waals surface area contributed by atoms with Crippen molar-refractivity contribution in [3.63, 3.8) is 0 Å². The molecule has 0 amide bonds. The lowest BCUT2D eigenvalue weighted by Crippen LogP contribution is -2.81. The van der Waals surface area contributed by atoms with Crippen LogP contribution in [0.5, 0.6) is 0 Å². The highest BCUT2D eigenvalue weighted by Gasteiger charge is 2.92. The number of nitrogens with zero attached hydrogens (tertiary/aromatic N) is 1. The molecule has 12 nitrogen and oxygen atoms in total. The van der Waals surface area contributed by atoms with Crippen molar-refractivity contribution in [1.82, 2.24) is 4.90 Å². The van der Waals surface area contributed by atoms with Gasteiger partial charge in [0.25, 0.3) is 0 Å². The lowest BCUT2D eigenvalue weighted by molar-refractivity contribution is -0.322. The average Bonchev–Trinajstić information content (AvgIpc) is 3.41. The van der Waals surface area contributed by atoms with Gasteiger partial charge in [0, 0.05) is 83.0 Å². The van der Waals surface area contributed by atoms with E-state index in [0.717, 1.165) is 0 Å². The number of esters is 2. The van der Waals surface area contributed by atoms with Crippen molar-refractivity contribution in [1.29, 1.82) is 0 Å². The van der Waals surface area contributed by atoms with Gasteiger partial charge in [-0.25, -0.2) is 4.79 Å². The first-order valence-electron chi connectivity index (χ1n) is 16.3. The number of ether oxygens (including phenoxy) is 6. The van der Waals surface area contributed by atoms with Gasteiger partial charge in [0.1, 0.15) is 23.9 Å². The summed E-state index contributed by atoms with van der Waals surface area (Å²) in [6, 6.07) is 8.18. The van der Waals surface area contributed by atoms with Crippen molar-refractivity contribution in [2.75, 3.05) is 48.1 Å². The highest BCUT2D eigenvalue weighted by Crippen LogP contribution is 2.80. The number of aliphatic hydroxyl groups is 3. The number of carbonyl (C=O) groups excluding carboxylic acids is 2. The van der Waals surface area contributed by atoms with E-state index in [0.29, 0.717) is 25.1 Å². The molecule has 1 aromatic carbocycles. The van der Waals surface area contributed by atoms with Crippen molar-refractivity contribution < 1.29 is 53.3 Å². The van der Waals surface area contributed by atoms with E-state index in [9.17, 15) is 24.9 Å². The minimum atomic E-state index is -1.83. The first kappa shape index (κ1) is 32.4. The van der Waals surface area contributed by atoms with Crippen molar-refractivity contribution in [2.24, 2.45) is 34.5 Å². The second-order valence-corrected chi connectivity index (χ2v) is 14.4. The molecule has 3 N–H and O–H groups in total. The Kier molecular flexibility index (Phi) is 7.69. The highest BCUT2D eigenvalue weighted by molar-refractivity contribution is 5.89. The summed E-state index contributed by atoms with van der Waals surface area (Å²) >= 11 is 0. The number of benzene rings is 1. The Morgan fingerprint density at radius 2 is 1.72 bits per heavy atom. The molecule has 0 aromatic heterocycles. The van der Waals surface area contributed by atoms with Crippen LogP contribution in [-0.2, 0) is 33.2 Å². The van der Waals surface area contributed by atoms with E-state index in [2.05, 4.69) is 4.90 Å². The standard InChI is InChI=1S/C34H47NO11/c1-7-35-15-31(16-41-3)20(37)13-21(42-4)33-19-14-32(40)28(45-30(39)18-11-9-8-10-12-18)22(19)34(46-17(2)36,27(38)29(32)44-6)23(26(33)35)24(43-5)25(31)33/h8-12,19-29,37-38,40H,7,13-16H2,1-6H3/t19?,20?,21?,22?,23?,24?,25?,26?,27?,28?,29?,31-,32+,33-,34+/m0/s1. The summed E-state index contributed by atoms with van der Waals surface area (Å²) in [7, 11) is 6.27. The van der Waals surface area contributed by atoms with E-state index in [1.165, 1.54) is 14.0 Å². The molecule has 7 bridgehead atoms. The van der Waals surface area contributed by atoms with E-state index in [1.807, 2.05) is 6.92 Å².